The first-order valence-corrected chi connectivity index (χ1v) is 6.87. The van der Waals surface area contributed by atoms with E-state index in [1.807, 2.05) is 0 Å². The van der Waals surface area contributed by atoms with Gasteiger partial charge in [-0.2, -0.15) is 0 Å². The Kier molecular flexibility index (Phi) is 4.50. The molecule has 0 spiro atoms. The molecule has 0 aliphatic carbocycles. The lowest BCUT2D eigenvalue weighted by molar-refractivity contribution is -0.122. The van der Waals surface area contributed by atoms with E-state index in [4.69, 9.17) is 4.74 Å². The lowest BCUT2D eigenvalue weighted by Crippen LogP contribution is -2.30. The van der Waals surface area contributed by atoms with Gasteiger partial charge in [-0.05, 0) is 37.1 Å². The third kappa shape index (κ3) is 2.81. The molecule has 2 N–H and O–H groups in total. The number of methoxy groups -OCH3 is 1. The minimum absolute atomic E-state index is 0.0431. The summed E-state index contributed by atoms with van der Waals surface area (Å²) in [7, 11) is 1.45. The maximum Gasteiger partial charge on any atom is 0.328 e. The second-order valence-electron chi connectivity index (χ2n) is 4.76. The van der Waals surface area contributed by atoms with Crippen molar-refractivity contribution in [3.8, 4) is 11.5 Å². The molecular weight excluding hydrogens is 284 g/mol. The van der Waals surface area contributed by atoms with Gasteiger partial charge in [0.15, 0.2) is 11.5 Å². The number of imide groups is 1. The molecule has 1 aromatic carbocycles. The minimum atomic E-state index is -0.434. The van der Waals surface area contributed by atoms with Crippen LogP contribution in [-0.4, -0.2) is 35.6 Å². The number of nitrogens with one attached hydrogen (secondary N) is 1. The molecule has 22 heavy (non-hydrogen) atoms. The van der Waals surface area contributed by atoms with Crippen LogP contribution >= 0.6 is 0 Å². The fourth-order valence-electron chi connectivity index (χ4n) is 2.26. The summed E-state index contributed by atoms with van der Waals surface area (Å²) in [6, 6.07) is 2.89. The van der Waals surface area contributed by atoms with Gasteiger partial charge in [-0.1, -0.05) is 6.08 Å². The van der Waals surface area contributed by atoms with Crippen molar-refractivity contribution < 1.29 is 19.4 Å². The van der Waals surface area contributed by atoms with E-state index in [-0.39, 0.29) is 17.4 Å². The second-order valence-corrected chi connectivity index (χ2v) is 4.76. The summed E-state index contributed by atoms with van der Waals surface area (Å²) in [5.74, 6) is -0.0262. The first kappa shape index (κ1) is 15.6. The summed E-state index contributed by atoms with van der Waals surface area (Å²) in [5.41, 5.74) is 1.47. The van der Waals surface area contributed by atoms with Crippen molar-refractivity contribution in [2.75, 3.05) is 13.7 Å². The van der Waals surface area contributed by atoms with E-state index in [9.17, 15) is 14.7 Å². The number of likely N-dealkylation sites (N-methyl/N-ethyl adjacent to an activating group) is 1. The Hall–Kier alpha value is -2.76. The molecule has 116 valence electrons. The van der Waals surface area contributed by atoms with Gasteiger partial charge in [0.1, 0.15) is 5.70 Å². The van der Waals surface area contributed by atoms with Gasteiger partial charge >= 0.3 is 6.03 Å². The fourth-order valence-corrected chi connectivity index (χ4v) is 2.26. The largest absolute Gasteiger partial charge is 0.504 e. The zero-order valence-electron chi connectivity index (χ0n) is 12.5. The highest BCUT2D eigenvalue weighted by Crippen LogP contribution is 2.33. The highest BCUT2D eigenvalue weighted by Gasteiger charge is 2.32. The van der Waals surface area contributed by atoms with Gasteiger partial charge in [0.05, 0.1) is 7.11 Å². The topological polar surface area (TPSA) is 78.9 Å². The predicted molar refractivity (Wildman–Crippen MR) is 82.5 cm³/mol. The summed E-state index contributed by atoms with van der Waals surface area (Å²) in [6.45, 7) is 5.68. The zero-order chi connectivity index (χ0) is 16.3. The molecular formula is C16H18N2O4. The third-order valence-electron chi connectivity index (χ3n) is 3.35. The van der Waals surface area contributed by atoms with Crippen LogP contribution < -0.4 is 10.1 Å². The van der Waals surface area contributed by atoms with Gasteiger partial charge in [0.2, 0.25) is 0 Å². The van der Waals surface area contributed by atoms with E-state index in [2.05, 4.69) is 11.9 Å². The standard InChI is InChI=1S/C16H18N2O4/c1-4-6-11-7-10(9-13(22-3)14(11)19)8-12-15(20)18(5-2)16(21)17-12/h4,7-9,19H,1,5-6H2,2-3H3,(H,17,21)/b12-8+. The Bertz CT molecular complexity index is 664. The van der Waals surface area contributed by atoms with Crippen molar-refractivity contribution in [3.63, 3.8) is 0 Å². The van der Waals surface area contributed by atoms with Crippen molar-refractivity contribution in [2.24, 2.45) is 0 Å². The quantitative estimate of drug-likeness (QED) is 0.495. The molecule has 0 aromatic heterocycles. The van der Waals surface area contributed by atoms with E-state index in [1.54, 1.807) is 31.2 Å². The highest BCUT2D eigenvalue weighted by atomic mass is 16.5. The maximum atomic E-state index is 12.1. The van der Waals surface area contributed by atoms with Crippen molar-refractivity contribution in [1.82, 2.24) is 10.2 Å². The smallest absolute Gasteiger partial charge is 0.328 e. The molecule has 1 aliphatic heterocycles. The Morgan fingerprint density at radius 3 is 2.68 bits per heavy atom. The average molecular weight is 302 g/mol. The number of phenols is 1. The molecule has 0 bridgehead atoms. The number of allylic oxidation sites excluding steroid dienone is 1. The molecule has 1 saturated heterocycles. The number of rotatable bonds is 5. The van der Waals surface area contributed by atoms with Gasteiger partial charge in [-0.3, -0.25) is 9.69 Å². The van der Waals surface area contributed by atoms with Gasteiger partial charge < -0.3 is 15.2 Å². The summed E-state index contributed by atoms with van der Waals surface area (Å²) in [5, 5.41) is 12.6. The van der Waals surface area contributed by atoms with Crippen LogP contribution in [0.15, 0.2) is 30.5 Å². The SMILES string of the molecule is C=CCc1cc(/C=C2/NC(=O)N(CC)C2=O)cc(OC)c1O. The number of carbonyl (C=O) groups is 2. The third-order valence-corrected chi connectivity index (χ3v) is 3.35. The number of hydrogen-bond acceptors (Lipinski definition) is 4. The molecule has 0 unspecified atom stereocenters. The number of carbonyl (C=O) groups excluding carboxylic acids is 2. The van der Waals surface area contributed by atoms with E-state index in [1.165, 1.54) is 7.11 Å². The Labute approximate surface area is 128 Å². The van der Waals surface area contributed by atoms with Crippen molar-refractivity contribution in [1.29, 1.82) is 0 Å². The first-order chi connectivity index (χ1) is 10.5. The van der Waals surface area contributed by atoms with Crippen LogP contribution in [0.25, 0.3) is 6.08 Å². The second kappa shape index (κ2) is 6.34. The Balaban J connectivity index is 2.43. The van der Waals surface area contributed by atoms with E-state index in [0.29, 0.717) is 29.8 Å². The van der Waals surface area contributed by atoms with Crippen LogP contribution in [0.2, 0.25) is 0 Å². The zero-order valence-corrected chi connectivity index (χ0v) is 12.5. The van der Waals surface area contributed by atoms with Gasteiger partial charge in [-0.15, -0.1) is 6.58 Å². The highest BCUT2D eigenvalue weighted by molar-refractivity contribution is 6.13. The summed E-state index contributed by atoms with van der Waals surface area (Å²) >= 11 is 0. The normalized spacial score (nSPS) is 16.1. The number of phenolic OH excluding ortho intramolecular Hbond substituents is 1. The van der Waals surface area contributed by atoms with Crippen LogP contribution in [0.4, 0.5) is 4.79 Å². The number of nitrogens with zero attached hydrogens (tertiary/aromatic N) is 1. The van der Waals surface area contributed by atoms with Gasteiger partial charge in [0.25, 0.3) is 5.91 Å². The lowest BCUT2D eigenvalue weighted by Gasteiger charge is -2.10. The van der Waals surface area contributed by atoms with Crippen molar-refractivity contribution in [2.45, 2.75) is 13.3 Å². The molecule has 6 heteroatoms. The molecule has 3 amide bonds. The Morgan fingerprint density at radius 2 is 2.14 bits per heavy atom. The predicted octanol–water partition coefficient (Wildman–Crippen LogP) is 2.04. The van der Waals surface area contributed by atoms with Crippen LogP contribution in [0, 0.1) is 0 Å². The molecule has 2 rings (SSSR count). The minimum Gasteiger partial charge on any atom is -0.504 e. The molecule has 0 radical (unpaired) electrons. The summed E-state index contributed by atoms with van der Waals surface area (Å²) in [4.78, 5) is 24.8. The maximum absolute atomic E-state index is 12.1. The van der Waals surface area contributed by atoms with E-state index >= 15 is 0 Å². The van der Waals surface area contributed by atoms with Gasteiger partial charge in [0, 0.05) is 12.1 Å². The first-order valence-electron chi connectivity index (χ1n) is 6.87. The molecule has 6 nitrogen and oxygen atoms in total. The molecule has 0 saturated carbocycles. The molecule has 1 fully saturated rings. The van der Waals surface area contributed by atoms with Crippen LogP contribution in [-0.2, 0) is 11.2 Å². The molecule has 1 aromatic rings. The molecule has 0 atom stereocenters. The van der Waals surface area contributed by atoms with E-state index in [0.717, 1.165) is 4.90 Å². The summed E-state index contributed by atoms with van der Waals surface area (Å²) < 4.78 is 5.13. The van der Waals surface area contributed by atoms with Crippen molar-refractivity contribution in [3.05, 3.63) is 41.6 Å². The van der Waals surface area contributed by atoms with Crippen LogP contribution in [0.1, 0.15) is 18.1 Å². The Morgan fingerprint density at radius 1 is 1.41 bits per heavy atom. The average Bonchev–Trinajstić information content (AvgIpc) is 2.76. The van der Waals surface area contributed by atoms with Crippen LogP contribution in [0.3, 0.4) is 0 Å². The van der Waals surface area contributed by atoms with Crippen molar-refractivity contribution >= 4 is 18.0 Å². The fraction of sp³-hybridized carbons (Fsp3) is 0.250. The number of aromatic hydroxyl groups is 1. The van der Waals surface area contributed by atoms with Crippen LogP contribution in [0.5, 0.6) is 11.5 Å². The number of benzene rings is 1. The number of ether oxygens (including phenoxy) is 1. The van der Waals surface area contributed by atoms with Gasteiger partial charge in [-0.25, -0.2) is 4.79 Å². The molecule has 1 heterocycles. The van der Waals surface area contributed by atoms with E-state index < -0.39 is 6.03 Å². The summed E-state index contributed by atoms with van der Waals surface area (Å²) in [6.07, 6.45) is 3.68. The number of amides is 3. The number of urea groups is 1. The lowest BCUT2D eigenvalue weighted by atomic mass is 10.0. The monoisotopic (exact) mass is 302 g/mol. The number of hydrogen-bond donors (Lipinski definition) is 2. The molecule has 1 aliphatic rings.